The molecule has 0 unspecified atom stereocenters. The second-order valence-corrected chi connectivity index (χ2v) is 7.26. The van der Waals surface area contributed by atoms with E-state index in [2.05, 4.69) is 20.4 Å². The van der Waals surface area contributed by atoms with Crippen molar-refractivity contribution in [3.05, 3.63) is 54.0 Å². The Bertz CT molecular complexity index is 919. The van der Waals surface area contributed by atoms with Crippen LogP contribution in [0.1, 0.15) is 30.1 Å². The summed E-state index contributed by atoms with van der Waals surface area (Å²) in [4.78, 5) is 20.9. The van der Waals surface area contributed by atoms with Crippen LogP contribution in [-0.2, 0) is 4.79 Å². The van der Waals surface area contributed by atoms with E-state index >= 15 is 0 Å². The predicted octanol–water partition coefficient (Wildman–Crippen LogP) is 4.05. The average molecular weight is 366 g/mol. The number of nitrogens with zero attached hydrogens (tertiary/aromatic N) is 3. The number of carbonyl (C=O) groups is 1. The normalized spacial score (nSPS) is 13.6. The van der Waals surface area contributed by atoms with E-state index in [1.165, 1.54) is 11.8 Å². The molecule has 0 atom stereocenters. The maximum atomic E-state index is 12.1. The number of anilines is 1. The standard InChI is InChI=1S/C19H18N4O2S/c1-12-4-2-3-5-15(12)21-16(24)11-26-17-9-8-14(10-20-17)19-22-18(23-25-19)13-6-7-13/h2-5,8-10,13H,6-7,11H2,1H3,(H,21,24). The SMILES string of the molecule is Cc1ccccc1NC(=O)CSc1ccc(-c2nc(C3CC3)no2)cn1. The highest BCUT2D eigenvalue weighted by Gasteiger charge is 2.29. The second kappa shape index (κ2) is 7.29. The van der Waals surface area contributed by atoms with E-state index in [1.807, 2.05) is 43.3 Å². The number of pyridine rings is 1. The van der Waals surface area contributed by atoms with Crippen molar-refractivity contribution in [2.75, 3.05) is 11.1 Å². The van der Waals surface area contributed by atoms with Gasteiger partial charge in [-0.05, 0) is 43.5 Å². The van der Waals surface area contributed by atoms with Gasteiger partial charge in [0.05, 0.1) is 16.3 Å². The fourth-order valence-electron chi connectivity index (χ4n) is 2.49. The molecular formula is C19H18N4O2S. The van der Waals surface area contributed by atoms with E-state index in [4.69, 9.17) is 4.52 Å². The first-order valence-electron chi connectivity index (χ1n) is 8.47. The van der Waals surface area contributed by atoms with Gasteiger partial charge in [-0.25, -0.2) is 4.98 Å². The number of aromatic nitrogens is 3. The van der Waals surface area contributed by atoms with Gasteiger partial charge in [-0.1, -0.05) is 35.1 Å². The van der Waals surface area contributed by atoms with Crippen molar-refractivity contribution in [2.24, 2.45) is 0 Å². The Balaban J connectivity index is 1.33. The molecule has 0 spiro atoms. The number of para-hydroxylation sites is 1. The Kier molecular flexibility index (Phi) is 4.71. The molecule has 0 bridgehead atoms. The number of aryl methyl sites for hydroxylation is 1. The Hall–Kier alpha value is -2.67. The van der Waals surface area contributed by atoms with Crippen LogP contribution in [0, 0.1) is 6.92 Å². The zero-order valence-electron chi connectivity index (χ0n) is 14.3. The molecule has 0 radical (unpaired) electrons. The van der Waals surface area contributed by atoms with E-state index in [1.54, 1.807) is 6.20 Å². The summed E-state index contributed by atoms with van der Waals surface area (Å²) in [6.45, 7) is 1.97. The molecule has 0 aliphatic heterocycles. The molecule has 1 amide bonds. The first kappa shape index (κ1) is 16.8. The lowest BCUT2D eigenvalue weighted by Gasteiger charge is -2.07. The summed E-state index contributed by atoms with van der Waals surface area (Å²) in [7, 11) is 0. The van der Waals surface area contributed by atoms with Crippen LogP contribution in [0.15, 0.2) is 52.1 Å². The van der Waals surface area contributed by atoms with Gasteiger partial charge >= 0.3 is 0 Å². The van der Waals surface area contributed by atoms with Crippen LogP contribution in [0.25, 0.3) is 11.5 Å². The zero-order chi connectivity index (χ0) is 17.9. The van der Waals surface area contributed by atoms with Crippen LogP contribution in [0.5, 0.6) is 0 Å². The quantitative estimate of drug-likeness (QED) is 0.663. The van der Waals surface area contributed by atoms with Gasteiger partial charge in [-0.15, -0.1) is 0 Å². The van der Waals surface area contributed by atoms with E-state index in [9.17, 15) is 4.79 Å². The minimum Gasteiger partial charge on any atom is -0.334 e. The molecule has 4 rings (SSSR count). The average Bonchev–Trinajstić information content (AvgIpc) is 3.39. The number of hydrogen-bond donors (Lipinski definition) is 1. The molecule has 26 heavy (non-hydrogen) atoms. The van der Waals surface area contributed by atoms with Gasteiger partial charge in [-0.2, -0.15) is 4.98 Å². The number of rotatable bonds is 6. The first-order chi connectivity index (χ1) is 12.7. The van der Waals surface area contributed by atoms with Crippen LogP contribution in [-0.4, -0.2) is 26.8 Å². The lowest BCUT2D eigenvalue weighted by atomic mass is 10.2. The molecule has 7 heteroatoms. The van der Waals surface area contributed by atoms with Crippen molar-refractivity contribution in [3.63, 3.8) is 0 Å². The maximum absolute atomic E-state index is 12.1. The topological polar surface area (TPSA) is 80.9 Å². The van der Waals surface area contributed by atoms with E-state index < -0.39 is 0 Å². The summed E-state index contributed by atoms with van der Waals surface area (Å²) in [5, 5.41) is 7.70. The highest BCUT2D eigenvalue weighted by molar-refractivity contribution is 7.99. The summed E-state index contributed by atoms with van der Waals surface area (Å²) in [6.07, 6.45) is 3.97. The minimum atomic E-state index is -0.0545. The Morgan fingerprint density at radius 3 is 2.85 bits per heavy atom. The fourth-order valence-corrected chi connectivity index (χ4v) is 3.13. The van der Waals surface area contributed by atoms with Crippen molar-refractivity contribution in [1.82, 2.24) is 15.1 Å². The summed E-state index contributed by atoms with van der Waals surface area (Å²) in [6, 6.07) is 11.5. The molecule has 132 valence electrons. The Morgan fingerprint density at radius 2 is 2.12 bits per heavy atom. The highest BCUT2D eigenvalue weighted by Crippen LogP contribution is 2.38. The van der Waals surface area contributed by atoms with Crippen molar-refractivity contribution < 1.29 is 9.32 Å². The van der Waals surface area contributed by atoms with E-state index in [-0.39, 0.29) is 5.91 Å². The van der Waals surface area contributed by atoms with Crippen LogP contribution in [0.3, 0.4) is 0 Å². The van der Waals surface area contributed by atoms with Gasteiger partial charge in [-0.3, -0.25) is 4.79 Å². The van der Waals surface area contributed by atoms with Crippen LogP contribution in [0.2, 0.25) is 0 Å². The third-order valence-electron chi connectivity index (χ3n) is 4.14. The summed E-state index contributed by atoms with van der Waals surface area (Å²) in [5.74, 6) is 1.98. The fraction of sp³-hybridized carbons (Fsp3) is 0.263. The van der Waals surface area contributed by atoms with Crippen molar-refractivity contribution in [1.29, 1.82) is 0 Å². The molecule has 2 heterocycles. The predicted molar refractivity (Wildman–Crippen MR) is 100 cm³/mol. The molecule has 1 saturated carbocycles. The smallest absolute Gasteiger partial charge is 0.259 e. The molecule has 1 aliphatic rings. The van der Waals surface area contributed by atoms with Gasteiger partial charge in [0.15, 0.2) is 5.82 Å². The van der Waals surface area contributed by atoms with Crippen LogP contribution < -0.4 is 5.32 Å². The Labute approximate surface area is 155 Å². The van der Waals surface area contributed by atoms with Gasteiger partial charge in [0, 0.05) is 17.8 Å². The van der Waals surface area contributed by atoms with Gasteiger partial charge < -0.3 is 9.84 Å². The van der Waals surface area contributed by atoms with E-state index in [0.717, 1.165) is 40.5 Å². The third kappa shape index (κ3) is 3.94. The largest absolute Gasteiger partial charge is 0.334 e. The van der Waals surface area contributed by atoms with Crippen molar-refractivity contribution >= 4 is 23.4 Å². The van der Waals surface area contributed by atoms with Crippen molar-refractivity contribution in [2.45, 2.75) is 30.7 Å². The lowest BCUT2D eigenvalue weighted by molar-refractivity contribution is -0.113. The molecule has 2 aromatic heterocycles. The molecule has 1 fully saturated rings. The highest BCUT2D eigenvalue weighted by atomic mass is 32.2. The van der Waals surface area contributed by atoms with Gasteiger partial charge in [0.2, 0.25) is 5.91 Å². The zero-order valence-corrected chi connectivity index (χ0v) is 15.1. The number of benzene rings is 1. The van der Waals surface area contributed by atoms with E-state index in [0.29, 0.717) is 17.6 Å². The summed E-state index contributed by atoms with van der Waals surface area (Å²) in [5.41, 5.74) is 2.67. The maximum Gasteiger partial charge on any atom is 0.259 e. The molecule has 3 aromatic rings. The van der Waals surface area contributed by atoms with Crippen LogP contribution >= 0.6 is 11.8 Å². The van der Waals surface area contributed by atoms with Crippen molar-refractivity contribution in [3.8, 4) is 11.5 Å². The summed E-state index contributed by atoms with van der Waals surface area (Å²) >= 11 is 1.39. The number of carbonyl (C=O) groups excluding carboxylic acids is 1. The minimum absolute atomic E-state index is 0.0545. The molecule has 1 aromatic carbocycles. The molecular weight excluding hydrogens is 348 g/mol. The number of nitrogens with one attached hydrogen (secondary N) is 1. The first-order valence-corrected chi connectivity index (χ1v) is 9.46. The molecule has 6 nitrogen and oxygen atoms in total. The number of amides is 1. The molecule has 1 aliphatic carbocycles. The lowest BCUT2D eigenvalue weighted by Crippen LogP contribution is -2.14. The number of hydrogen-bond acceptors (Lipinski definition) is 6. The third-order valence-corrected chi connectivity index (χ3v) is 5.08. The molecule has 0 saturated heterocycles. The second-order valence-electron chi connectivity index (χ2n) is 6.27. The van der Waals surface area contributed by atoms with Crippen LogP contribution in [0.4, 0.5) is 5.69 Å². The van der Waals surface area contributed by atoms with Gasteiger partial charge in [0.25, 0.3) is 5.89 Å². The molecule has 1 N–H and O–H groups in total. The number of thioether (sulfide) groups is 1. The summed E-state index contributed by atoms with van der Waals surface area (Å²) < 4.78 is 5.30. The Morgan fingerprint density at radius 1 is 1.27 bits per heavy atom. The monoisotopic (exact) mass is 366 g/mol. The van der Waals surface area contributed by atoms with Gasteiger partial charge in [0.1, 0.15) is 0 Å².